The quantitative estimate of drug-likeness (QED) is 0.0393. The second kappa shape index (κ2) is 18.7. The zero-order valence-corrected chi connectivity index (χ0v) is 36.4. The molecule has 3 aliphatic heterocycles. The van der Waals surface area contributed by atoms with Gasteiger partial charge in [0, 0.05) is 0 Å². The number of nitrogens with one attached hydrogen (secondary N) is 2. The van der Waals surface area contributed by atoms with Crippen molar-refractivity contribution < 1.29 is 114 Å². The molecular weight excluding hydrogens is 956 g/mol. The summed E-state index contributed by atoms with van der Waals surface area (Å²) in [5, 5.41) is 45.6. The summed E-state index contributed by atoms with van der Waals surface area (Å²) >= 11 is 0. The molecule has 3 aromatic rings. The van der Waals surface area contributed by atoms with Crippen molar-refractivity contribution in [1.29, 1.82) is 0 Å². The van der Waals surface area contributed by atoms with Crippen LogP contribution in [0, 0.1) is 0 Å². The fourth-order valence-corrected chi connectivity index (χ4v) is 9.33. The van der Waals surface area contributed by atoms with E-state index in [0.717, 1.165) is 4.57 Å². The Morgan fingerprint density at radius 3 is 1.73 bits per heavy atom. The summed E-state index contributed by atoms with van der Waals surface area (Å²) < 4.78 is 94.2. The average Bonchev–Trinajstić information content (AvgIpc) is 3.85. The third-order valence-electron chi connectivity index (χ3n) is 9.48. The molecule has 3 aromatic heterocycles. The fraction of sp³-hybridized carbons (Fsp3) is 0.593. The van der Waals surface area contributed by atoms with Gasteiger partial charge in [-0.2, -0.15) is 0 Å². The van der Waals surface area contributed by atoms with Crippen LogP contribution in [-0.4, -0.2) is 150 Å². The van der Waals surface area contributed by atoms with Crippen molar-refractivity contribution in [2.24, 2.45) is 24.8 Å². The fourth-order valence-electron chi connectivity index (χ4n) is 6.74. The maximum Gasteiger partial charge on any atom is 0.472 e. The lowest BCUT2D eigenvalue weighted by Crippen LogP contribution is -2.46. The van der Waals surface area contributed by atoms with Crippen LogP contribution in [0.1, 0.15) is 18.1 Å². The van der Waals surface area contributed by atoms with Crippen LogP contribution >= 0.6 is 31.3 Å². The Bertz CT molecular complexity index is 2540. The second-order valence-corrected chi connectivity index (χ2v) is 19.4. The molecule has 12 atom stereocenters. The lowest BCUT2D eigenvalue weighted by molar-refractivity contribution is -0.754. The van der Waals surface area contributed by atoms with Crippen molar-refractivity contribution in [3.05, 3.63) is 35.3 Å². The van der Waals surface area contributed by atoms with Gasteiger partial charge in [-0.05, 0) is 0 Å². The molecule has 37 heteroatoms. The largest absolute Gasteiger partial charge is 0.472 e. The van der Waals surface area contributed by atoms with Crippen LogP contribution in [0.15, 0.2) is 29.0 Å². The number of nitrogen functional groups attached to an aromatic ring is 1. The number of H-pyrrole nitrogens is 1. The third-order valence-corrected chi connectivity index (χ3v) is 12.5. The van der Waals surface area contributed by atoms with E-state index in [-0.39, 0.29) is 28.9 Å². The third kappa shape index (κ3) is 11.4. The van der Waals surface area contributed by atoms with Gasteiger partial charge >= 0.3 is 42.8 Å². The molecule has 33 nitrogen and oxygen atoms in total. The number of aromatic nitrogens is 6. The number of fused-ring (bicyclic) bond motifs is 2. The minimum Gasteiger partial charge on any atom is -0.387 e. The van der Waals surface area contributed by atoms with Gasteiger partial charge in [-0.3, -0.25) is 46.1 Å². The van der Waals surface area contributed by atoms with Crippen LogP contribution in [0.5, 0.6) is 0 Å². The van der Waals surface area contributed by atoms with Crippen molar-refractivity contribution in [3.8, 4) is 0 Å². The number of phosphoric ester groups is 4. The minimum atomic E-state index is -5.74. The molecule has 0 amide bonds. The van der Waals surface area contributed by atoms with Crippen LogP contribution in [0.25, 0.3) is 16.9 Å². The predicted octanol–water partition coefficient (Wildman–Crippen LogP) is -5.56. The van der Waals surface area contributed by atoms with Crippen LogP contribution < -0.4 is 31.5 Å². The topological polar surface area (TPSA) is 484 Å². The van der Waals surface area contributed by atoms with Crippen LogP contribution in [0.4, 0.5) is 11.8 Å². The van der Waals surface area contributed by atoms with Crippen molar-refractivity contribution in [1.82, 2.24) is 24.4 Å². The Hall–Kier alpha value is -3.43. The Morgan fingerprint density at radius 2 is 1.25 bits per heavy atom. The normalized spacial score (nSPS) is 28.1. The number of nitrogens with two attached hydrogens (primary N) is 2. The average molecular weight is 1000 g/mol. The first-order valence-electron chi connectivity index (χ1n) is 18.0. The van der Waals surface area contributed by atoms with E-state index >= 15 is 0 Å². The Labute approximate surface area is 357 Å². The second-order valence-electron chi connectivity index (χ2n) is 14.1. The number of aliphatic hydroxyl groups excluding tert-OH is 4. The van der Waals surface area contributed by atoms with E-state index in [1.807, 2.05) is 0 Å². The number of anilines is 1. The summed E-state index contributed by atoms with van der Waals surface area (Å²) in [6, 6.07) is 0. The molecule has 3 aliphatic rings. The van der Waals surface area contributed by atoms with Crippen molar-refractivity contribution >= 4 is 65.9 Å². The van der Waals surface area contributed by atoms with Crippen LogP contribution in [0.3, 0.4) is 0 Å². The number of guanidine groups is 1. The first-order valence-corrected chi connectivity index (χ1v) is 24.0. The maximum absolute atomic E-state index is 12.9. The number of nitrogens with zero attached hydrogens (tertiary/aromatic N) is 6. The van der Waals surface area contributed by atoms with Gasteiger partial charge in [0.2, 0.25) is 18.0 Å². The molecule has 64 heavy (non-hydrogen) atoms. The molecule has 2 saturated heterocycles. The Kier molecular flexibility index (Phi) is 14.6. The summed E-state index contributed by atoms with van der Waals surface area (Å²) in [4.78, 5) is 81.8. The van der Waals surface area contributed by atoms with Gasteiger partial charge in [-0.1, -0.05) is 16.6 Å². The van der Waals surface area contributed by atoms with Gasteiger partial charge in [-0.25, -0.2) is 27.4 Å². The first-order chi connectivity index (χ1) is 29.5. The van der Waals surface area contributed by atoms with Crippen molar-refractivity contribution in [2.45, 2.75) is 61.3 Å². The molecule has 358 valence electrons. The maximum atomic E-state index is 12.9. The number of imidazole rings is 2. The number of aromatic amines is 1. The zero-order chi connectivity index (χ0) is 47.4. The summed E-state index contributed by atoms with van der Waals surface area (Å²) in [7, 11) is -19.3. The van der Waals surface area contributed by atoms with Gasteiger partial charge in [0.1, 0.15) is 48.8 Å². The highest BCUT2D eigenvalue weighted by Gasteiger charge is 2.50. The lowest BCUT2D eigenvalue weighted by Gasteiger charge is -2.28. The highest BCUT2D eigenvalue weighted by atomic mass is 31.2. The van der Waals surface area contributed by atoms with Gasteiger partial charge in [0.05, 0.1) is 46.2 Å². The molecule has 16 N–H and O–H groups in total. The molecule has 2 fully saturated rings. The van der Waals surface area contributed by atoms with E-state index in [4.69, 9.17) is 39.0 Å². The summed E-state index contributed by atoms with van der Waals surface area (Å²) in [5.41, 5.74) is 11.4. The number of aryl methyl sites for hydroxylation is 2. The SMILES string of the molecule is C=C1NC(N)=Nc2c1n(C)c[n+]2[C@@H]1O[C@H](COP(=O)(O)OC[C@H](OP(=O)(O)O)[C@@H](COP(=O)(O)OC[C@H]2O[C@@H]([n+]3cn(C)c4c(=O)[nH]c(N)nc43)[C@H](O)[C@@H]2O)OP(=O)(O)O)[C@@H](O)[C@H]1O. The smallest absolute Gasteiger partial charge is 0.387 e. The Morgan fingerprint density at radius 1 is 0.781 bits per heavy atom. The van der Waals surface area contributed by atoms with Crippen molar-refractivity contribution in [3.63, 3.8) is 0 Å². The van der Waals surface area contributed by atoms with E-state index in [2.05, 4.69) is 35.9 Å². The number of hydrogen-bond acceptors (Lipinski definition) is 22. The number of rotatable bonds is 19. The standard InChI is InChI=1S/C27H42N10O23P4/c1-10-15-21(31-26(28)30-10)36(8-34(15)2)24-19(40)17(38)13(57-24)6-55-63(49,50)53-4-11(59-61(43,44)45)12(60-62(46,47)48)5-54-64(51,52)56-7-14-18(39)20(41)25(58-14)37-9-35(3)16-22(37)32-27(29)33-23(16)42/h8-9,11-14,17-20,24-25,38-41H,1,4-7H2,2-3H3,(H10-2,28,29,30,31,32,33,42,43,44,45,46,47,48,49,50,51,52)/p+2/t11-,12+,13+,14+,17+,18+,19+,20+,24+,25+/m0/s1. The summed E-state index contributed by atoms with van der Waals surface area (Å²) in [6.07, 6.45) is -15.4. The van der Waals surface area contributed by atoms with E-state index in [1.54, 1.807) is 11.6 Å². The molecular formula is C27H44N10O23P4+2. The highest BCUT2D eigenvalue weighted by Crippen LogP contribution is 2.50. The van der Waals surface area contributed by atoms with Gasteiger partial charge in [0.15, 0.2) is 18.3 Å². The van der Waals surface area contributed by atoms with Crippen LogP contribution in [-0.2, 0) is 69.0 Å². The molecule has 0 saturated carbocycles. The summed E-state index contributed by atoms with van der Waals surface area (Å²) in [6.45, 7) is -1.28. The van der Waals surface area contributed by atoms with E-state index in [9.17, 15) is 72.8 Å². The van der Waals surface area contributed by atoms with Crippen LogP contribution in [0.2, 0.25) is 0 Å². The number of aliphatic imine (C=N–C) groups is 1. The molecule has 0 radical (unpaired) electrons. The van der Waals surface area contributed by atoms with Crippen molar-refractivity contribution in [2.75, 3.05) is 32.2 Å². The van der Waals surface area contributed by atoms with E-state index < -0.39 is 125 Å². The Balaban J connectivity index is 1.09. The molecule has 0 aromatic carbocycles. The molecule has 0 spiro atoms. The zero-order valence-electron chi connectivity index (χ0n) is 32.9. The van der Waals surface area contributed by atoms with Gasteiger partial charge in [0.25, 0.3) is 17.5 Å². The molecule has 0 aliphatic carbocycles. The highest BCUT2D eigenvalue weighted by molar-refractivity contribution is 7.48. The number of hydrogen-bond donors (Lipinski definition) is 14. The molecule has 6 heterocycles. The number of aliphatic hydroxyl groups is 4. The lowest BCUT2D eigenvalue weighted by atomic mass is 10.1. The van der Waals surface area contributed by atoms with Gasteiger partial charge < -0.3 is 76.0 Å². The minimum absolute atomic E-state index is 0.0114. The molecule has 6 rings (SSSR count). The first kappa shape index (κ1) is 50.0. The molecule has 0 bridgehead atoms. The van der Waals surface area contributed by atoms with E-state index in [0.29, 0.717) is 11.4 Å². The predicted molar refractivity (Wildman–Crippen MR) is 204 cm³/mol. The van der Waals surface area contributed by atoms with E-state index in [1.165, 1.54) is 28.8 Å². The summed E-state index contributed by atoms with van der Waals surface area (Å²) in [5.74, 6) is -0.201. The monoisotopic (exact) mass is 1000 g/mol. The van der Waals surface area contributed by atoms with Gasteiger partial charge in [-0.15, -0.1) is 0 Å². The number of ether oxygens (including phenoxy) is 2. The molecule has 2 unspecified atom stereocenters. The number of phosphoric acid groups is 4.